The summed E-state index contributed by atoms with van der Waals surface area (Å²) in [5.74, 6) is 0.435. The number of carbonyl (C=O) groups is 1. The quantitative estimate of drug-likeness (QED) is 0.172. The number of ketones is 1. The standard InChI is InChI=1S/C26H53NO/c1-5-8-9-10-11-12-13-14-15-16-17-18-19-20-21-22-23-24-26(28)25(4)27(6-2)7-3/h25H,5-24H2,1-4H3. The fraction of sp³-hybridized carbons (Fsp3) is 0.962. The van der Waals surface area contributed by atoms with E-state index >= 15 is 0 Å². The normalized spacial score (nSPS) is 12.6. The van der Waals surface area contributed by atoms with Crippen LogP contribution in [0.1, 0.15) is 143 Å². The molecule has 0 spiro atoms. The number of rotatable bonds is 22. The zero-order valence-corrected chi connectivity index (χ0v) is 20.1. The molecule has 1 unspecified atom stereocenters. The maximum absolute atomic E-state index is 12.2. The molecule has 0 saturated carbocycles. The van der Waals surface area contributed by atoms with Crippen LogP contribution in [0.5, 0.6) is 0 Å². The number of hydrogen-bond donors (Lipinski definition) is 0. The van der Waals surface area contributed by atoms with Crippen molar-refractivity contribution < 1.29 is 4.79 Å². The highest BCUT2D eigenvalue weighted by Gasteiger charge is 2.17. The van der Waals surface area contributed by atoms with Gasteiger partial charge in [-0.2, -0.15) is 0 Å². The third-order valence-corrected chi connectivity index (χ3v) is 6.35. The van der Waals surface area contributed by atoms with E-state index in [1.54, 1.807) is 0 Å². The average molecular weight is 396 g/mol. The number of Topliss-reactive ketones (excluding diaryl/α,β-unsaturated/α-hetero) is 1. The minimum atomic E-state index is 0.107. The lowest BCUT2D eigenvalue weighted by atomic mass is 10.0. The topological polar surface area (TPSA) is 20.3 Å². The molecule has 0 amide bonds. The summed E-state index contributed by atoms with van der Waals surface area (Å²) in [5, 5.41) is 0. The Kier molecular flexibility index (Phi) is 21.1. The fourth-order valence-corrected chi connectivity index (χ4v) is 4.21. The Bertz CT molecular complexity index is 324. The van der Waals surface area contributed by atoms with Gasteiger partial charge in [0, 0.05) is 6.42 Å². The lowest BCUT2D eigenvalue weighted by Gasteiger charge is -2.25. The van der Waals surface area contributed by atoms with Gasteiger partial charge in [-0.1, -0.05) is 124 Å². The summed E-state index contributed by atoms with van der Waals surface area (Å²) >= 11 is 0. The molecular weight excluding hydrogens is 342 g/mol. The molecule has 0 aromatic heterocycles. The van der Waals surface area contributed by atoms with Crippen molar-refractivity contribution in [3.05, 3.63) is 0 Å². The van der Waals surface area contributed by atoms with Gasteiger partial charge in [0.25, 0.3) is 0 Å². The first-order valence-corrected chi connectivity index (χ1v) is 12.9. The van der Waals surface area contributed by atoms with Crippen LogP contribution in [0.15, 0.2) is 0 Å². The summed E-state index contributed by atoms with van der Waals surface area (Å²) in [7, 11) is 0. The second-order valence-corrected chi connectivity index (χ2v) is 8.77. The first-order chi connectivity index (χ1) is 13.7. The van der Waals surface area contributed by atoms with Gasteiger partial charge in [0.05, 0.1) is 6.04 Å². The number of hydrogen-bond acceptors (Lipinski definition) is 2. The van der Waals surface area contributed by atoms with Crippen LogP contribution in [0, 0.1) is 0 Å². The molecule has 2 nitrogen and oxygen atoms in total. The molecule has 0 aliphatic heterocycles. The van der Waals surface area contributed by atoms with E-state index in [0.717, 1.165) is 25.9 Å². The van der Waals surface area contributed by atoms with E-state index in [9.17, 15) is 4.79 Å². The van der Waals surface area contributed by atoms with Crippen molar-refractivity contribution in [2.45, 2.75) is 149 Å². The summed E-state index contributed by atoms with van der Waals surface area (Å²) in [6, 6.07) is 0.107. The van der Waals surface area contributed by atoms with Crippen LogP contribution in [0.25, 0.3) is 0 Å². The molecule has 0 aromatic rings. The number of nitrogens with zero attached hydrogens (tertiary/aromatic N) is 1. The second kappa shape index (κ2) is 21.3. The van der Waals surface area contributed by atoms with Gasteiger partial charge < -0.3 is 0 Å². The number of unbranched alkanes of at least 4 members (excludes halogenated alkanes) is 16. The molecule has 0 bridgehead atoms. The molecule has 0 radical (unpaired) electrons. The molecule has 0 aliphatic rings. The van der Waals surface area contributed by atoms with Crippen molar-refractivity contribution in [1.82, 2.24) is 4.90 Å². The predicted octanol–water partition coefficient (Wildman–Crippen LogP) is 8.33. The van der Waals surface area contributed by atoms with E-state index in [1.165, 1.54) is 103 Å². The van der Waals surface area contributed by atoms with Crippen molar-refractivity contribution in [3.8, 4) is 0 Å². The van der Waals surface area contributed by atoms with Crippen LogP contribution < -0.4 is 0 Å². The Balaban J connectivity index is 3.26. The first kappa shape index (κ1) is 27.6. The fourth-order valence-electron chi connectivity index (χ4n) is 4.21. The Morgan fingerprint density at radius 1 is 0.571 bits per heavy atom. The molecule has 0 rings (SSSR count). The molecule has 0 aliphatic carbocycles. The maximum Gasteiger partial charge on any atom is 0.149 e. The number of likely N-dealkylation sites (N-methyl/N-ethyl adjacent to an activating group) is 1. The highest BCUT2D eigenvalue weighted by molar-refractivity contribution is 5.83. The summed E-state index contributed by atoms with van der Waals surface area (Å²) < 4.78 is 0. The van der Waals surface area contributed by atoms with E-state index in [0.29, 0.717) is 5.78 Å². The lowest BCUT2D eigenvalue weighted by molar-refractivity contribution is -0.123. The SMILES string of the molecule is CCCCCCCCCCCCCCCCCCCC(=O)C(C)N(CC)CC. The van der Waals surface area contributed by atoms with Crippen molar-refractivity contribution in [3.63, 3.8) is 0 Å². The Hall–Kier alpha value is -0.370. The molecule has 1 atom stereocenters. The monoisotopic (exact) mass is 395 g/mol. The zero-order valence-electron chi connectivity index (χ0n) is 20.1. The molecule has 2 heteroatoms. The van der Waals surface area contributed by atoms with Crippen LogP contribution in [0.2, 0.25) is 0 Å². The highest BCUT2D eigenvalue weighted by Crippen LogP contribution is 2.14. The van der Waals surface area contributed by atoms with Crippen LogP contribution in [0.3, 0.4) is 0 Å². The molecule has 0 saturated heterocycles. The van der Waals surface area contributed by atoms with Gasteiger partial charge in [-0.05, 0) is 26.4 Å². The lowest BCUT2D eigenvalue weighted by Crippen LogP contribution is -2.38. The summed E-state index contributed by atoms with van der Waals surface area (Å²) in [6.07, 6.45) is 24.4. The summed E-state index contributed by atoms with van der Waals surface area (Å²) in [6.45, 7) is 10.6. The molecule has 168 valence electrons. The third-order valence-electron chi connectivity index (χ3n) is 6.35. The molecular formula is C26H53NO. The van der Waals surface area contributed by atoms with Gasteiger partial charge in [0.1, 0.15) is 5.78 Å². The van der Waals surface area contributed by atoms with E-state index in [1.807, 2.05) is 0 Å². The minimum Gasteiger partial charge on any atom is -0.298 e. The van der Waals surface area contributed by atoms with Crippen molar-refractivity contribution in [1.29, 1.82) is 0 Å². The second-order valence-electron chi connectivity index (χ2n) is 8.77. The van der Waals surface area contributed by atoms with Gasteiger partial charge in [-0.3, -0.25) is 9.69 Å². The minimum absolute atomic E-state index is 0.107. The van der Waals surface area contributed by atoms with E-state index in [-0.39, 0.29) is 6.04 Å². The highest BCUT2D eigenvalue weighted by atomic mass is 16.1. The Morgan fingerprint density at radius 2 is 0.893 bits per heavy atom. The van der Waals surface area contributed by atoms with Crippen molar-refractivity contribution >= 4 is 5.78 Å². The van der Waals surface area contributed by atoms with E-state index < -0.39 is 0 Å². The van der Waals surface area contributed by atoms with E-state index in [2.05, 4.69) is 32.6 Å². The van der Waals surface area contributed by atoms with Crippen LogP contribution >= 0.6 is 0 Å². The van der Waals surface area contributed by atoms with Gasteiger partial charge >= 0.3 is 0 Å². The zero-order chi connectivity index (χ0) is 20.9. The smallest absolute Gasteiger partial charge is 0.149 e. The summed E-state index contributed by atoms with van der Waals surface area (Å²) in [4.78, 5) is 14.5. The average Bonchev–Trinajstić information content (AvgIpc) is 2.70. The third kappa shape index (κ3) is 16.6. The van der Waals surface area contributed by atoms with Crippen molar-refractivity contribution in [2.24, 2.45) is 0 Å². The first-order valence-electron chi connectivity index (χ1n) is 12.9. The van der Waals surface area contributed by atoms with Crippen LogP contribution in [0.4, 0.5) is 0 Å². The molecule has 0 N–H and O–H groups in total. The largest absolute Gasteiger partial charge is 0.298 e. The van der Waals surface area contributed by atoms with Gasteiger partial charge in [0.15, 0.2) is 0 Å². The van der Waals surface area contributed by atoms with Crippen LogP contribution in [-0.4, -0.2) is 29.8 Å². The Morgan fingerprint density at radius 3 is 1.21 bits per heavy atom. The van der Waals surface area contributed by atoms with Gasteiger partial charge in [-0.15, -0.1) is 0 Å². The molecule has 0 fully saturated rings. The van der Waals surface area contributed by atoms with Crippen molar-refractivity contribution in [2.75, 3.05) is 13.1 Å². The van der Waals surface area contributed by atoms with Gasteiger partial charge in [-0.25, -0.2) is 0 Å². The predicted molar refractivity (Wildman–Crippen MR) is 126 cm³/mol. The van der Waals surface area contributed by atoms with Gasteiger partial charge in [0.2, 0.25) is 0 Å². The maximum atomic E-state index is 12.2. The molecule has 0 heterocycles. The van der Waals surface area contributed by atoms with E-state index in [4.69, 9.17) is 0 Å². The number of carbonyl (C=O) groups excluding carboxylic acids is 1. The van der Waals surface area contributed by atoms with Crippen LogP contribution in [-0.2, 0) is 4.79 Å². The molecule has 28 heavy (non-hydrogen) atoms. The molecule has 0 aromatic carbocycles. The summed E-state index contributed by atoms with van der Waals surface area (Å²) in [5.41, 5.74) is 0. The Labute approximate surface area is 178 Å².